The summed E-state index contributed by atoms with van der Waals surface area (Å²) in [5, 5.41) is 3.57. The van der Waals surface area contributed by atoms with E-state index in [1.54, 1.807) is 0 Å². The first-order valence-electron chi connectivity index (χ1n) is 6.21. The molecule has 1 unspecified atom stereocenters. The van der Waals surface area contributed by atoms with Crippen molar-refractivity contribution in [2.24, 2.45) is 0 Å². The number of rotatable bonds is 4. The molecule has 0 saturated heterocycles. The van der Waals surface area contributed by atoms with Gasteiger partial charge in [-0.2, -0.15) is 0 Å². The smallest absolute Gasteiger partial charge is 0.0297 e. The number of nitrogens with one attached hydrogen (secondary N) is 1. The Balaban J connectivity index is 2.03. The summed E-state index contributed by atoms with van der Waals surface area (Å²) in [5.41, 5.74) is 3.99. The van der Waals surface area contributed by atoms with Crippen LogP contribution in [0.25, 0.3) is 0 Å². The highest BCUT2D eigenvalue weighted by atomic mass is 79.9. The van der Waals surface area contributed by atoms with Crippen LogP contribution in [-0.4, -0.2) is 0 Å². The van der Waals surface area contributed by atoms with Crippen LogP contribution in [0.3, 0.4) is 0 Å². The Kier molecular flexibility index (Phi) is 4.56. The summed E-state index contributed by atoms with van der Waals surface area (Å²) in [6.07, 6.45) is 0. The third kappa shape index (κ3) is 3.21. The highest BCUT2D eigenvalue weighted by molar-refractivity contribution is 9.10. The van der Waals surface area contributed by atoms with E-state index in [0.717, 1.165) is 11.0 Å². The Bertz CT molecular complexity index is 522. The zero-order valence-corrected chi connectivity index (χ0v) is 12.4. The van der Waals surface area contributed by atoms with Crippen LogP contribution >= 0.6 is 15.9 Å². The molecule has 0 radical (unpaired) electrons. The van der Waals surface area contributed by atoms with Gasteiger partial charge in [-0.25, -0.2) is 0 Å². The minimum Gasteiger partial charge on any atom is -0.306 e. The van der Waals surface area contributed by atoms with E-state index < -0.39 is 0 Å². The minimum absolute atomic E-state index is 0.360. The summed E-state index contributed by atoms with van der Waals surface area (Å²) in [4.78, 5) is 0. The largest absolute Gasteiger partial charge is 0.306 e. The lowest BCUT2D eigenvalue weighted by Crippen LogP contribution is -2.19. The van der Waals surface area contributed by atoms with Gasteiger partial charge in [-0.1, -0.05) is 58.4 Å². The van der Waals surface area contributed by atoms with E-state index in [-0.39, 0.29) is 0 Å². The lowest BCUT2D eigenvalue weighted by atomic mass is 10.0. The maximum Gasteiger partial charge on any atom is 0.0297 e. The fraction of sp³-hybridized carbons (Fsp3) is 0.250. The molecule has 0 spiro atoms. The van der Waals surface area contributed by atoms with Crippen LogP contribution < -0.4 is 5.32 Å². The van der Waals surface area contributed by atoms with E-state index >= 15 is 0 Å². The SMILES string of the molecule is Cc1ccccc1C(C)NCc1ccccc1Br. The molecule has 2 rings (SSSR count). The van der Waals surface area contributed by atoms with Gasteiger partial charge >= 0.3 is 0 Å². The molecule has 2 heteroatoms. The van der Waals surface area contributed by atoms with Crippen LogP contribution in [0.4, 0.5) is 0 Å². The van der Waals surface area contributed by atoms with Crippen molar-refractivity contribution in [1.29, 1.82) is 0 Å². The fourth-order valence-electron chi connectivity index (χ4n) is 2.09. The standard InChI is InChI=1S/C16H18BrN/c1-12-7-3-5-9-15(12)13(2)18-11-14-8-4-6-10-16(14)17/h3-10,13,18H,11H2,1-2H3. The molecule has 1 N–H and O–H groups in total. The summed E-state index contributed by atoms with van der Waals surface area (Å²) in [5.74, 6) is 0. The average molecular weight is 304 g/mol. The van der Waals surface area contributed by atoms with E-state index in [1.165, 1.54) is 16.7 Å². The molecule has 0 aliphatic rings. The number of hydrogen-bond donors (Lipinski definition) is 1. The van der Waals surface area contributed by atoms with Crippen LogP contribution in [0.15, 0.2) is 53.0 Å². The molecule has 0 fully saturated rings. The second-order valence-electron chi connectivity index (χ2n) is 4.55. The van der Waals surface area contributed by atoms with Crippen molar-refractivity contribution in [3.63, 3.8) is 0 Å². The lowest BCUT2D eigenvalue weighted by Gasteiger charge is -2.17. The van der Waals surface area contributed by atoms with E-state index in [4.69, 9.17) is 0 Å². The molecule has 0 saturated carbocycles. The van der Waals surface area contributed by atoms with Crippen molar-refractivity contribution in [3.8, 4) is 0 Å². The Morgan fingerprint density at radius 1 is 1.06 bits per heavy atom. The van der Waals surface area contributed by atoms with Gasteiger partial charge < -0.3 is 5.32 Å². The van der Waals surface area contributed by atoms with E-state index in [0.29, 0.717) is 6.04 Å². The van der Waals surface area contributed by atoms with Crippen molar-refractivity contribution in [2.45, 2.75) is 26.4 Å². The number of aryl methyl sites for hydroxylation is 1. The highest BCUT2D eigenvalue weighted by Crippen LogP contribution is 2.19. The first kappa shape index (κ1) is 13.3. The van der Waals surface area contributed by atoms with Gasteiger partial charge in [-0.3, -0.25) is 0 Å². The summed E-state index contributed by atoms with van der Waals surface area (Å²) < 4.78 is 1.16. The zero-order chi connectivity index (χ0) is 13.0. The van der Waals surface area contributed by atoms with Gasteiger partial charge in [0.1, 0.15) is 0 Å². The quantitative estimate of drug-likeness (QED) is 0.870. The van der Waals surface area contributed by atoms with Crippen LogP contribution in [-0.2, 0) is 6.54 Å². The Morgan fingerprint density at radius 3 is 2.44 bits per heavy atom. The van der Waals surface area contributed by atoms with Crippen LogP contribution in [0, 0.1) is 6.92 Å². The molecule has 1 nitrogen and oxygen atoms in total. The summed E-state index contributed by atoms with van der Waals surface area (Å²) in [6.45, 7) is 5.24. The van der Waals surface area contributed by atoms with Crippen molar-refractivity contribution >= 4 is 15.9 Å². The van der Waals surface area contributed by atoms with Gasteiger partial charge in [0.25, 0.3) is 0 Å². The average Bonchev–Trinajstić information content (AvgIpc) is 2.38. The van der Waals surface area contributed by atoms with Gasteiger partial charge in [0.2, 0.25) is 0 Å². The van der Waals surface area contributed by atoms with Gasteiger partial charge in [0.05, 0.1) is 0 Å². The predicted molar refractivity (Wildman–Crippen MR) is 80.6 cm³/mol. The molecule has 18 heavy (non-hydrogen) atoms. The summed E-state index contributed by atoms with van der Waals surface area (Å²) in [7, 11) is 0. The fourth-order valence-corrected chi connectivity index (χ4v) is 2.51. The second-order valence-corrected chi connectivity index (χ2v) is 5.40. The van der Waals surface area contributed by atoms with Gasteiger partial charge in [0.15, 0.2) is 0 Å². The van der Waals surface area contributed by atoms with Crippen LogP contribution in [0.2, 0.25) is 0 Å². The summed E-state index contributed by atoms with van der Waals surface area (Å²) in [6, 6.07) is 17.2. The molecule has 0 aliphatic carbocycles. The van der Waals surface area contributed by atoms with Gasteiger partial charge in [-0.05, 0) is 36.6 Å². The van der Waals surface area contributed by atoms with Gasteiger partial charge in [-0.15, -0.1) is 0 Å². The molecule has 2 aromatic carbocycles. The van der Waals surface area contributed by atoms with Crippen LogP contribution in [0.1, 0.15) is 29.7 Å². The van der Waals surface area contributed by atoms with E-state index in [2.05, 4.69) is 77.6 Å². The predicted octanol–water partition coefficient (Wildman–Crippen LogP) is 4.61. The Labute approximate surface area is 117 Å². The molecular formula is C16H18BrN. The number of benzene rings is 2. The molecule has 0 heterocycles. The minimum atomic E-state index is 0.360. The van der Waals surface area contributed by atoms with Crippen LogP contribution in [0.5, 0.6) is 0 Å². The molecule has 2 aromatic rings. The number of halogens is 1. The van der Waals surface area contributed by atoms with E-state index in [9.17, 15) is 0 Å². The Hall–Kier alpha value is -1.12. The van der Waals surface area contributed by atoms with E-state index in [1.807, 2.05) is 6.07 Å². The second kappa shape index (κ2) is 6.17. The molecule has 94 valence electrons. The molecule has 0 bridgehead atoms. The maximum absolute atomic E-state index is 3.58. The summed E-state index contributed by atoms with van der Waals surface area (Å²) >= 11 is 3.58. The van der Waals surface area contributed by atoms with Crippen molar-refractivity contribution < 1.29 is 0 Å². The van der Waals surface area contributed by atoms with Crippen molar-refractivity contribution in [3.05, 3.63) is 69.7 Å². The molecule has 0 aromatic heterocycles. The molecular weight excluding hydrogens is 286 g/mol. The monoisotopic (exact) mass is 303 g/mol. The first-order valence-corrected chi connectivity index (χ1v) is 7.00. The first-order chi connectivity index (χ1) is 8.68. The number of hydrogen-bond acceptors (Lipinski definition) is 1. The zero-order valence-electron chi connectivity index (χ0n) is 10.8. The molecule has 0 amide bonds. The van der Waals surface area contributed by atoms with Crippen molar-refractivity contribution in [1.82, 2.24) is 5.32 Å². The normalized spacial score (nSPS) is 12.4. The maximum atomic E-state index is 3.58. The third-order valence-corrected chi connectivity index (χ3v) is 3.99. The Morgan fingerprint density at radius 2 is 1.72 bits per heavy atom. The van der Waals surface area contributed by atoms with Crippen molar-refractivity contribution in [2.75, 3.05) is 0 Å². The molecule has 0 aliphatic heterocycles. The highest BCUT2D eigenvalue weighted by Gasteiger charge is 2.07. The third-order valence-electron chi connectivity index (χ3n) is 3.21. The topological polar surface area (TPSA) is 12.0 Å². The van der Waals surface area contributed by atoms with Gasteiger partial charge in [0, 0.05) is 17.1 Å². The molecule has 1 atom stereocenters. The lowest BCUT2D eigenvalue weighted by molar-refractivity contribution is 0.571.